The van der Waals surface area contributed by atoms with Crippen LogP contribution < -0.4 is 4.68 Å². The number of para-hydroxylation sites is 1. The smallest absolute Gasteiger partial charge is 0.258 e. The number of nitro benzene ring substituents is 1. The third-order valence-electron chi connectivity index (χ3n) is 3.76. The lowest BCUT2D eigenvalue weighted by molar-refractivity contribution is -0.695. The van der Waals surface area contributed by atoms with Gasteiger partial charge in [-0.3, -0.25) is 10.1 Å². The molecular weight excluding hydrogens is 349 g/mol. The molecule has 0 aliphatic rings. The van der Waals surface area contributed by atoms with E-state index in [1.165, 1.54) is 41.1 Å². The second-order valence-electron chi connectivity index (χ2n) is 5.44. The van der Waals surface area contributed by atoms with Crippen LogP contribution in [0.15, 0.2) is 54.6 Å². The van der Waals surface area contributed by atoms with Gasteiger partial charge in [0.2, 0.25) is 0 Å². The molecule has 0 aliphatic carbocycles. The maximum Gasteiger partial charge on any atom is 0.501 e. The Morgan fingerprint density at radius 2 is 1.73 bits per heavy atom. The number of aromatic nitrogens is 3. The fraction of sp³-hybridized carbons (Fsp3) is 0.176. The van der Waals surface area contributed by atoms with Crippen LogP contribution in [0.1, 0.15) is 18.6 Å². The van der Waals surface area contributed by atoms with E-state index in [4.69, 9.17) is 0 Å². The summed E-state index contributed by atoms with van der Waals surface area (Å²) in [4.78, 5) is 14.0. The van der Waals surface area contributed by atoms with E-state index in [9.17, 15) is 23.3 Å². The molecule has 0 spiro atoms. The number of nitro groups is 1. The summed E-state index contributed by atoms with van der Waals surface area (Å²) in [7, 11) is 0. The molecular formula is C17H14F3N4O2+. The summed E-state index contributed by atoms with van der Waals surface area (Å²) >= 11 is 0. The highest BCUT2D eigenvalue weighted by Gasteiger charge is 2.48. The Labute approximate surface area is 146 Å². The molecule has 0 bridgehead atoms. The Hall–Kier alpha value is -3.23. The number of benzene rings is 2. The van der Waals surface area contributed by atoms with E-state index in [-0.39, 0.29) is 23.6 Å². The number of non-ortho nitro benzene ring substituents is 1. The van der Waals surface area contributed by atoms with Crippen molar-refractivity contribution >= 4 is 5.69 Å². The van der Waals surface area contributed by atoms with Crippen LogP contribution in [-0.4, -0.2) is 14.6 Å². The lowest BCUT2D eigenvalue weighted by Gasteiger charge is -2.09. The predicted octanol–water partition coefficient (Wildman–Crippen LogP) is 3.64. The van der Waals surface area contributed by atoms with E-state index in [1.54, 1.807) is 25.1 Å². The number of halogens is 3. The van der Waals surface area contributed by atoms with Crippen molar-refractivity contribution in [1.29, 1.82) is 0 Å². The molecule has 9 heteroatoms. The number of aryl methyl sites for hydroxylation is 1. The van der Waals surface area contributed by atoms with Crippen LogP contribution in [0.4, 0.5) is 18.9 Å². The van der Waals surface area contributed by atoms with E-state index in [0.717, 1.165) is 4.68 Å². The molecule has 0 amide bonds. The van der Waals surface area contributed by atoms with Crippen LogP contribution in [0.2, 0.25) is 0 Å². The third-order valence-corrected chi connectivity index (χ3v) is 3.76. The van der Waals surface area contributed by atoms with Gasteiger partial charge < -0.3 is 0 Å². The maximum absolute atomic E-state index is 13.6. The molecule has 0 radical (unpaired) electrons. The molecule has 0 atom stereocenters. The highest BCUT2D eigenvalue weighted by Crippen LogP contribution is 2.28. The molecule has 6 nitrogen and oxygen atoms in total. The fourth-order valence-corrected chi connectivity index (χ4v) is 2.63. The van der Waals surface area contributed by atoms with Crippen LogP contribution in [-0.2, 0) is 12.6 Å². The molecule has 0 aliphatic heterocycles. The molecule has 0 saturated heterocycles. The summed E-state index contributed by atoms with van der Waals surface area (Å²) in [5.41, 5.74) is 0.485. The first-order chi connectivity index (χ1) is 12.3. The van der Waals surface area contributed by atoms with Crippen LogP contribution in [0.25, 0.3) is 11.4 Å². The molecule has 0 saturated carbocycles. The second kappa shape index (κ2) is 6.58. The Morgan fingerprint density at radius 1 is 1.12 bits per heavy atom. The summed E-state index contributed by atoms with van der Waals surface area (Å²) in [5, 5.41) is 10.8. The van der Waals surface area contributed by atoms with Gasteiger partial charge >= 0.3 is 12.0 Å². The van der Waals surface area contributed by atoms with Crippen LogP contribution >= 0.6 is 0 Å². The van der Waals surface area contributed by atoms with Crippen LogP contribution in [0, 0.1) is 10.1 Å². The van der Waals surface area contributed by atoms with Gasteiger partial charge in [0.25, 0.3) is 11.5 Å². The van der Waals surface area contributed by atoms with Gasteiger partial charge in [-0.25, -0.2) is 0 Å². The van der Waals surface area contributed by atoms with Crippen molar-refractivity contribution in [3.05, 3.63) is 76.4 Å². The molecule has 26 heavy (non-hydrogen) atoms. The van der Waals surface area contributed by atoms with E-state index in [2.05, 4.69) is 4.98 Å². The molecule has 3 aromatic rings. The van der Waals surface area contributed by atoms with Gasteiger partial charge in [0.15, 0.2) is 5.69 Å². The predicted molar refractivity (Wildman–Crippen MR) is 86.1 cm³/mol. The zero-order valence-electron chi connectivity index (χ0n) is 13.6. The van der Waals surface area contributed by atoms with Crippen molar-refractivity contribution in [3.8, 4) is 11.4 Å². The van der Waals surface area contributed by atoms with Crippen molar-refractivity contribution < 1.29 is 22.8 Å². The van der Waals surface area contributed by atoms with Crippen LogP contribution in [0.3, 0.4) is 0 Å². The number of alkyl halides is 3. The van der Waals surface area contributed by atoms with E-state index in [0.29, 0.717) is 5.69 Å². The topological polar surface area (TPSA) is 64.8 Å². The maximum atomic E-state index is 13.6. The van der Waals surface area contributed by atoms with Gasteiger partial charge in [0.1, 0.15) is 0 Å². The Bertz CT molecular complexity index is 935. The first-order valence-electron chi connectivity index (χ1n) is 7.74. The molecule has 0 unspecified atom stereocenters. The largest absolute Gasteiger partial charge is 0.501 e. The minimum atomic E-state index is -4.66. The normalized spacial score (nSPS) is 11.5. The Balaban J connectivity index is 2.30. The van der Waals surface area contributed by atoms with Crippen LogP contribution in [0.5, 0.6) is 0 Å². The fourth-order valence-electron chi connectivity index (χ4n) is 2.63. The minimum absolute atomic E-state index is 0.144. The summed E-state index contributed by atoms with van der Waals surface area (Å²) in [5.74, 6) is -0.867. The second-order valence-corrected chi connectivity index (χ2v) is 5.44. The zero-order valence-corrected chi connectivity index (χ0v) is 13.6. The van der Waals surface area contributed by atoms with Gasteiger partial charge in [-0.2, -0.15) is 13.2 Å². The number of rotatable bonds is 4. The van der Waals surface area contributed by atoms with Gasteiger partial charge in [0, 0.05) is 18.6 Å². The first-order valence-corrected chi connectivity index (χ1v) is 7.74. The number of hydrogen-bond donors (Lipinski definition) is 0. The SMILES string of the molecule is CCc1nc(C(F)(F)F)[n+](-c2ccccc2)n1-c1ccc([N+](=O)[O-])cc1. The van der Waals surface area contributed by atoms with Crippen molar-refractivity contribution in [1.82, 2.24) is 9.67 Å². The van der Waals surface area contributed by atoms with Gasteiger partial charge in [-0.05, 0) is 29.2 Å². The standard InChI is InChI=1S/C17H14F3N4O2/c1-2-15-21-16(17(18,19)20)23(12-6-4-3-5-7-12)22(15)13-8-10-14(11-9-13)24(25)26/h3-11H,2H2,1H3/q+1. The highest BCUT2D eigenvalue weighted by atomic mass is 19.4. The Kier molecular flexibility index (Phi) is 4.45. The van der Waals surface area contributed by atoms with Gasteiger partial charge in [0.05, 0.1) is 10.6 Å². The Morgan fingerprint density at radius 3 is 2.23 bits per heavy atom. The monoisotopic (exact) mass is 363 g/mol. The summed E-state index contributed by atoms with van der Waals surface area (Å²) in [6.07, 6.45) is -4.41. The average molecular weight is 363 g/mol. The van der Waals surface area contributed by atoms with Crippen molar-refractivity contribution in [2.75, 3.05) is 0 Å². The highest BCUT2D eigenvalue weighted by molar-refractivity contribution is 5.40. The number of nitrogens with zero attached hydrogens (tertiary/aromatic N) is 4. The minimum Gasteiger partial charge on any atom is -0.258 e. The number of hydrogen-bond acceptors (Lipinski definition) is 3. The van der Waals surface area contributed by atoms with Gasteiger partial charge in [-0.15, -0.1) is 9.36 Å². The van der Waals surface area contributed by atoms with Crippen molar-refractivity contribution in [2.45, 2.75) is 19.5 Å². The molecule has 0 fully saturated rings. The molecule has 1 heterocycles. The quantitative estimate of drug-likeness (QED) is 0.404. The average Bonchev–Trinajstić information content (AvgIpc) is 3.02. The zero-order chi connectivity index (χ0) is 18.9. The van der Waals surface area contributed by atoms with E-state index in [1.807, 2.05) is 0 Å². The van der Waals surface area contributed by atoms with E-state index < -0.39 is 16.9 Å². The first kappa shape index (κ1) is 17.6. The van der Waals surface area contributed by atoms with Gasteiger partial charge in [-0.1, -0.05) is 25.1 Å². The molecule has 2 aromatic carbocycles. The summed E-state index contributed by atoms with van der Waals surface area (Å²) in [6, 6.07) is 13.3. The third kappa shape index (κ3) is 3.15. The van der Waals surface area contributed by atoms with Crippen molar-refractivity contribution in [2.24, 2.45) is 0 Å². The summed E-state index contributed by atoms with van der Waals surface area (Å²) < 4.78 is 43.0. The molecule has 1 aromatic heterocycles. The lowest BCUT2D eigenvalue weighted by atomic mass is 10.3. The van der Waals surface area contributed by atoms with Crippen molar-refractivity contribution in [3.63, 3.8) is 0 Å². The van der Waals surface area contributed by atoms with E-state index >= 15 is 0 Å². The molecule has 0 N–H and O–H groups in total. The molecule has 134 valence electrons. The summed E-state index contributed by atoms with van der Waals surface area (Å²) in [6.45, 7) is 1.69. The molecule has 3 rings (SSSR count). The lowest BCUT2D eigenvalue weighted by Crippen LogP contribution is -2.46.